The van der Waals surface area contributed by atoms with E-state index in [1.165, 1.54) is 12.3 Å². The number of carbonyl (C=O) groups is 1. The number of aromatic carboxylic acids is 1. The average molecular weight is 257 g/mol. The predicted octanol–water partition coefficient (Wildman–Crippen LogP) is 2.72. The minimum absolute atomic E-state index is 0.0732. The molecule has 0 aliphatic rings. The van der Waals surface area contributed by atoms with Gasteiger partial charge in [-0.25, -0.2) is 9.78 Å². The van der Waals surface area contributed by atoms with Gasteiger partial charge < -0.3 is 16.2 Å². The van der Waals surface area contributed by atoms with Crippen LogP contribution in [0, 0.1) is 13.8 Å². The summed E-state index contributed by atoms with van der Waals surface area (Å²) in [4.78, 5) is 14.9. The van der Waals surface area contributed by atoms with E-state index in [4.69, 9.17) is 10.8 Å². The van der Waals surface area contributed by atoms with E-state index in [1.54, 1.807) is 0 Å². The van der Waals surface area contributed by atoms with Crippen LogP contribution in [0.15, 0.2) is 30.5 Å². The van der Waals surface area contributed by atoms with Crippen molar-refractivity contribution in [3.63, 3.8) is 0 Å². The molecule has 1 aromatic carbocycles. The molecule has 0 saturated heterocycles. The van der Waals surface area contributed by atoms with Gasteiger partial charge in [-0.05, 0) is 37.1 Å². The minimum Gasteiger partial charge on any atom is -0.478 e. The van der Waals surface area contributed by atoms with Gasteiger partial charge in [0, 0.05) is 11.9 Å². The summed E-state index contributed by atoms with van der Waals surface area (Å²) in [6, 6.07) is 7.27. The Balaban J connectivity index is 2.34. The van der Waals surface area contributed by atoms with Crippen LogP contribution in [-0.2, 0) is 0 Å². The number of aromatic nitrogens is 1. The lowest BCUT2D eigenvalue weighted by atomic mass is 10.1. The molecule has 0 fully saturated rings. The first kappa shape index (κ1) is 12.9. The number of benzene rings is 1. The standard InChI is InChI=1S/C14H15N3O2/c1-8-4-3-5-12(9(8)2)17-13-11(15)6-10(7-16-13)14(18)19/h3-7H,15H2,1-2H3,(H,16,17)(H,18,19). The summed E-state index contributed by atoms with van der Waals surface area (Å²) < 4.78 is 0. The van der Waals surface area contributed by atoms with E-state index in [2.05, 4.69) is 10.3 Å². The minimum atomic E-state index is -1.04. The highest BCUT2D eigenvalue weighted by molar-refractivity contribution is 5.89. The number of carboxylic acid groups (broad SMARTS) is 1. The van der Waals surface area contributed by atoms with Crippen molar-refractivity contribution in [2.24, 2.45) is 0 Å². The molecule has 5 nitrogen and oxygen atoms in total. The summed E-state index contributed by atoms with van der Waals surface area (Å²) in [6.45, 7) is 4.02. The predicted molar refractivity (Wildman–Crippen MR) is 74.8 cm³/mol. The second-order valence-corrected chi connectivity index (χ2v) is 4.34. The molecule has 0 unspecified atom stereocenters. The van der Waals surface area contributed by atoms with Crippen LogP contribution in [0.4, 0.5) is 17.2 Å². The zero-order valence-corrected chi connectivity index (χ0v) is 10.8. The van der Waals surface area contributed by atoms with Gasteiger partial charge in [-0.1, -0.05) is 12.1 Å². The summed E-state index contributed by atoms with van der Waals surface area (Å²) in [5.74, 6) is -0.587. The molecule has 0 aliphatic carbocycles. The van der Waals surface area contributed by atoms with Crippen LogP contribution >= 0.6 is 0 Å². The number of pyridine rings is 1. The fraction of sp³-hybridized carbons (Fsp3) is 0.143. The first-order valence-electron chi connectivity index (χ1n) is 5.81. The fourth-order valence-electron chi connectivity index (χ4n) is 1.72. The summed E-state index contributed by atoms with van der Waals surface area (Å²) in [7, 11) is 0. The summed E-state index contributed by atoms with van der Waals surface area (Å²) >= 11 is 0. The highest BCUT2D eigenvalue weighted by atomic mass is 16.4. The number of nitrogens with zero attached hydrogens (tertiary/aromatic N) is 1. The maximum absolute atomic E-state index is 10.8. The molecule has 98 valence electrons. The molecule has 1 heterocycles. The molecule has 19 heavy (non-hydrogen) atoms. The number of aryl methyl sites for hydroxylation is 1. The van der Waals surface area contributed by atoms with Gasteiger partial charge in [0.15, 0.2) is 5.82 Å². The highest BCUT2D eigenvalue weighted by Crippen LogP contribution is 2.25. The Morgan fingerprint density at radius 1 is 1.37 bits per heavy atom. The van der Waals surface area contributed by atoms with Gasteiger partial charge in [0.05, 0.1) is 11.3 Å². The molecule has 0 aliphatic heterocycles. The second kappa shape index (κ2) is 4.97. The maximum Gasteiger partial charge on any atom is 0.337 e. The van der Waals surface area contributed by atoms with E-state index in [0.29, 0.717) is 11.5 Å². The van der Waals surface area contributed by atoms with E-state index in [9.17, 15) is 4.79 Å². The largest absolute Gasteiger partial charge is 0.478 e. The number of rotatable bonds is 3. The van der Waals surface area contributed by atoms with Crippen molar-refractivity contribution >= 4 is 23.2 Å². The van der Waals surface area contributed by atoms with Gasteiger partial charge in [0.1, 0.15) is 0 Å². The summed E-state index contributed by atoms with van der Waals surface area (Å²) in [6.07, 6.45) is 1.28. The Kier molecular flexibility index (Phi) is 3.37. The molecule has 4 N–H and O–H groups in total. The van der Waals surface area contributed by atoms with Gasteiger partial charge in [-0.2, -0.15) is 0 Å². The molecule has 2 rings (SSSR count). The van der Waals surface area contributed by atoms with E-state index in [0.717, 1.165) is 16.8 Å². The normalized spacial score (nSPS) is 10.2. The Morgan fingerprint density at radius 3 is 2.74 bits per heavy atom. The van der Waals surface area contributed by atoms with E-state index < -0.39 is 5.97 Å². The maximum atomic E-state index is 10.8. The Bertz CT molecular complexity index is 639. The zero-order valence-electron chi connectivity index (χ0n) is 10.8. The van der Waals surface area contributed by atoms with Crippen LogP contribution in [0.5, 0.6) is 0 Å². The van der Waals surface area contributed by atoms with Crippen molar-refractivity contribution in [3.8, 4) is 0 Å². The monoisotopic (exact) mass is 257 g/mol. The third kappa shape index (κ3) is 2.65. The molecule has 0 radical (unpaired) electrons. The summed E-state index contributed by atoms with van der Waals surface area (Å²) in [5.41, 5.74) is 9.35. The van der Waals surface area contributed by atoms with Gasteiger partial charge in [0.2, 0.25) is 0 Å². The molecule has 2 aromatic rings. The van der Waals surface area contributed by atoms with Crippen LogP contribution in [0.3, 0.4) is 0 Å². The quantitative estimate of drug-likeness (QED) is 0.786. The van der Waals surface area contributed by atoms with Crippen LogP contribution in [-0.4, -0.2) is 16.1 Å². The number of nitrogen functional groups attached to an aromatic ring is 1. The van der Waals surface area contributed by atoms with Crippen molar-refractivity contribution in [2.75, 3.05) is 11.1 Å². The molecule has 0 amide bonds. The SMILES string of the molecule is Cc1cccc(Nc2ncc(C(=O)O)cc2N)c1C. The summed E-state index contributed by atoms with van der Waals surface area (Å²) in [5, 5.41) is 12.0. The molecule has 0 spiro atoms. The number of hydrogen-bond acceptors (Lipinski definition) is 4. The van der Waals surface area contributed by atoms with Gasteiger partial charge >= 0.3 is 5.97 Å². The van der Waals surface area contributed by atoms with E-state index >= 15 is 0 Å². The highest BCUT2D eigenvalue weighted by Gasteiger charge is 2.09. The first-order chi connectivity index (χ1) is 8.99. The zero-order chi connectivity index (χ0) is 14.0. The van der Waals surface area contributed by atoms with Crippen molar-refractivity contribution in [1.82, 2.24) is 4.98 Å². The lowest BCUT2D eigenvalue weighted by Crippen LogP contribution is -2.04. The number of nitrogens with one attached hydrogen (secondary N) is 1. The van der Waals surface area contributed by atoms with E-state index in [-0.39, 0.29) is 5.56 Å². The molecule has 5 heteroatoms. The smallest absolute Gasteiger partial charge is 0.337 e. The average Bonchev–Trinajstić information content (AvgIpc) is 2.37. The van der Waals surface area contributed by atoms with Gasteiger partial charge in [0.25, 0.3) is 0 Å². The van der Waals surface area contributed by atoms with Crippen LogP contribution in [0.2, 0.25) is 0 Å². The Hall–Kier alpha value is -2.56. The Labute approximate surface area is 111 Å². The fourth-order valence-corrected chi connectivity index (χ4v) is 1.72. The molecule has 0 atom stereocenters. The van der Waals surface area contributed by atoms with Crippen molar-refractivity contribution < 1.29 is 9.90 Å². The van der Waals surface area contributed by atoms with Crippen molar-refractivity contribution in [1.29, 1.82) is 0 Å². The lowest BCUT2D eigenvalue weighted by molar-refractivity contribution is 0.0696. The number of hydrogen-bond donors (Lipinski definition) is 3. The molecular weight excluding hydrogens is 242 g/mol. The molecule has 1 aromatic heterocycles. The molecule has 0 bridgehead atoms. The molecule has 0 saturated carbocycles. The second-order valence-electron chi connectivity index (χ2n) is 4.34. The third-order valence-electron chi connectivity index (χ3n) is 3.02. The van der Waals surface area contributed by atoms with Gasteiger partial charge in [-0.15, -0.1) is 0 Å². The van der Waals surface area contributed by atoms with Gasteiger partial charge in [-0.3, -0.25) is 0 Å². The lowest BCUT2D eigenvalue weighted by Gasteiger charge is -2.12. The van der Waals surface area contributed by atoms with E-state index in [1.807, 2.05) is 32.0 Å². The molecular formula is C14H15N3O2. The topological polar surface area (TPSA) is 88.2 Å². The van der Waals surface area contributed by atoms with Crippen molar-refractivity contribution in [2.45, 2.75) is 13.8 Å². The Morgan fingerprint density at radius 2 is 2.11 bits per heavy atom. The van der Waals surface area contributed by atoms with Crippen LogP contribution in [0.1, 0.15) is 21.5 Å². The number of carboxylic acids is 1. The van der Waals surface area contributed by atoms with Crippen molar-refractivity contribution in [3.05, 3.63) is 47.2 Å². The number of anilines is 3. The van der Waals surface area contributed by atoms with Crippen LogP contribution < -0.4 is 11.1 Å². The van der Waals surface area contributed by atoms with Crippen LogP contribution in [0.25, 0.3) is 0 Å². The number of nitrogens with two attached hydrogens (primary N) is 1. The first-order valence-corrected chi connectivity index (χ1v) is 5.81. The third-order valence-corrected chi connectivity index (χ3v) is 3.02.